The molecule has 5 heteroatoms. The van der Waals surface area contributed by atoms with Gasteiger partial charge in [-0.15, -0.1) is 0 Å². The van der Waals surface area contributed by atoms with E-state index in [1.54, 1.807) is 11.8 Å². The van der Waals surface area contributed by atoms with E-state index in [1.807, 2.05) is 11.8 Å². The Morgan fingerprint density at radius 2 is 1.68 bits per heavy atom. The molecule has 0 N–H and O–H groups in total. The molecule has 0 atom stereocenters. The maximum atomic E-state index is 12.5. The summed E-state index contributed by atoms with van der Waals surface area (Å²) in [4.78, 5) is 19.1. The summed E-state index contributed by atoms with van der Waals surface area (Å²) in [5.41, 5.74) is 2.26. The van der Waals surface area contributed by atoms with Crippen LogP contribution in [0.1, 0.15) is 52.9 Å². The zero-order chi connectivity index (χ0) is 17.0. The average molecular weight is 326 g/mol. The van der Waals surface area contributed by atoms with Gasteiger partial charge in [-0.3, -0.25) is 4.79 Å². The predicted octanol–water partition coefficient (Wildman–Crippen LogP) is 3.89. The Labute approximate surface area is 139 Å². The average Bonchev–Trinajstić information content (AvgIpc) is 2.62. The zero-order valence-corrected chi connectivity index (χ0v) is 16.1. The van der Waals surface area contributed by atoms with Gasteiger partial charge in [-0.25, -0.2) is 4.98 Å². The van der Waals surface area contributed by atoms with E-state index in [2.05, 4.69) is 58.0 Å². The molecule has 1 amide bonds. The molecule has 0 aliphatic rings. The summed E-state index contributed by atoms with van der Waals surface area (Å²) >= 11 is 1.56. The minimum Gasteiger partial charge on any atom is -0.337 e. The molecule has 0 unspecified atom stereocenters. The van der Waals surface area contributed by atoms with E-state index in [0.717, 1.165) is 17.4 Å². The van der Waals surface area contributed by atoms with Crippen molar-refractivity contribution in [1.82, 2.24) is 14.5 Å². The van der Waals surface area contributed by atoms with Crippen molar-refractivity contribution < 1.29 is 4.79 Å². The first-order valence-corrected chi connectivity index (χ1v) is 9.11. The van der Waals surface area contributed by atoms with Gasteiger partial charge in [0.1, 0.15) is 0 Å². The lowest BCUT2D eigenvalue weighted by atomic mass is 10.2. The van der Waals surface area contributed by atoms with Crippen LogP contribution in [0.15, 0.2) is 5.16 Å². The Morgan fingerprint density at radius 1 is 1.14 bits per heavy atom. The fraction of sp³-hybridized carbons (Fsp3) is 0.765. The highest BCUT2D eigenvalue weighted by molar-refractivity contribution is 7.99. The second-order valence-electron chi connectivity index (χ2n) is 6.85. The number of thioether (sulfide) groups is 1. The highest BCUT2D eigenvalue weighted by atomic mass is 32.2. The predicted molar refractivity (Wildman–Crippen MR) is 94.4 cm³/mol. The Bertz CT molecular complexity index is 498. The molecule has 22 heavy (non-hydrogen) atoms. The summed E-state index contributed by atoms with van der Waals surface area (Å²) in [6.45, 7) is 17.8. The lowest BCUT2D eigenvalue weighted by Crippen LogP contribution is -2.43. The molecule has 0 aliphatic carbocycles. The molecule has 0 bridgehead atoms. The molecule has 0 fully saturated rings. The van der Waals surface area contributed by atoms with E-state index in [4.69, 9.17) is 0 Å². The maximum Gasteiger partial charge on any atom is 0.233 e. The number of carbonyl (C=O) groups excluding carboxylic acids is 1. The zero-order valence-electron chi connectivity index (χ0n) is 15.3. The van der Waals surface area contributed by atoms with Crippen LogP contribution in [0.3, 0.4) is 0 Å². The minimum atomic E-state index is 0.185. The van der Waals surface area contributed by atoms with Crippen LogP contribution in [0.25, 0.3) is 0 Å². The van der Waals surface area contributed by atoms with Crippen LogP contribution in [-0.2, 0) is 11.3 Å². The van der Waals surface area contributed by atoms with Crippen LogP contribution in [-0.4, -0.2) is 38.2 Å². The maximum absolute atomic E-state index is 12.5. The SMILES string of the molecule is Cc1nc(SCC(=O)N(C(C)C)C(C)C)n(CC(C)C)c1C. The van der Waals surface area contributed by atoms with Crippen LogP contribution in [0, 0.1) is 19.8 Å². The lowest BCUT2D eigenvalue weighted by Gasteiger charge is -2.30. The number of nitrogens with zero attached hydrogens (tertiary/aromatic N) is 3. The normalized spacial score (nSPS) is 11.8. The second-order valence-corrected chi connectivity index (χ2v) is 7.79. The Kier molecular flexibility index (Phi) is 6.98. The first-order chi connectivity index (χ1) is 10.1. The fourth-order valence-electron chi connectivity index (χ4n) is 2.69. The Morgan fingerprint density at radius 3 is 2.14 bits per heavy atom. The number of imidazole rings is 1. The molecule has 1 heterocycles. The van der Waals surface area contributed by atoms with E-state index in [0.29, 0.717) is 11.7 Å². The quantitative estimate of drug-likeness (QED) is 0.714. The van der Waals surface area contributed by atoms with Crippen LogP contribution >= 0.6 is 11.8 Å². The molecular formula is C17H31N3OS. The van der Waals surface area contributed by atoms with E-state index < -0.39 is 0 Å². The van der Waals surface area contributed by atoms with Crippen LogP contribution in [0.2, 0.25) is 0 Å². The number of aryl methyl sites for hydroxylation is 1. The molecule has 0 saturated carbocycles. The third-order valence-corrected chi connectivity index (χ3v) is 4.66. The van der Waals surface area contributed by atoms with Crippen molar-refractivity contribution in [2.75, 3.05) is 5.75 Å². The van der Waals surface area contributed by atoms with Gasteiger partial charge >= 0.3 is 0 Å². The van der Waals surface area contributed by atoms with Gasteiger partial charge in [-0.1, -0.05) is 25.6 Å². The second kappa shape index (κ2) is 8.04. The molecule has 0 saturated heterocycles. The smallest absolute Gasteiger partial charge is 0.233 e. The first-order valence-electron chi connectivity index (χ1n) is 8.12. The summed E-state index contributed by atoms with van der Waals surface area (Å²) in [7, 11) is 0. The van der Waals surface area contributed by atoms with E-state index in [9.17, 15) is 4.79 Å². The van der Waals surface area contributed by atoms with Gasteiger partial charge in [0, 0.05) is 24.3 Å². The topological polar surface area (TPSA) is 38.1 Å². The van der Waals surface area contributed by atoms with Crippen LogP contribution < -0.4 is 0 Å². The minimum absolute atomic E-state index is 0.185. The number of aromatic nitrogens is 2. The van der Waals surface area contributed by atoms with Crippen molar-refractivity contribution in [3.05, 3.63) is 11.4 Å². The molecule has 1 rings (SSSR count). The van der Waals surface area contributed by atoms with Crippen LogP contribution in [0.5, 0.6) is 0 Å². The lowest BCUT2D eigenvalue weighted by molar-refractivity contribution is -0.131. The monoisotopic (exact) mass is 325 g/mol. The molecule has 1 aromatic rings. The first kappa shape index (κ1) is 19.1. The van der Waals surface area contributed by atoms with Gasteiger partial charge in [0.2, 0.25) is 5.91 Å². The summed E-state index contributed by atoms with van der Waals surface area (Å²) in [6.07, 6.45) is 0. The van der Waals surface area contributed by atoms with Gasteiger partial charge in [0.05, 0.1) is 11.4 Å². The van der Waals surface area contributed by atoms with Crippen molar-refractivity contribution in [3.63, 3.8) is 0 Å². The van der Waals surface area contributed by atoms with Crippen molar-refractivity contribution in [3.8, 4) is 0 Å². The molecule has 126 valence electrons. The molecule has 0 aliphatic heterocycles. The number of hydrogen-bond donors (Lipinski definition) is 0. The molecule has 0 radical (unpaired) electrons. The van der Waals surface area contributed by atoms with E-state index in [-0.39, 0.29) is 18.0 Å². The molecule has 1 aromatic heterocycles. The van der Waals surface area contributed by atoms with Crippen LogP contribution in [0.4, 0.5) is 0 Å². The standard InChI is InChI=1S/C17H31N3OS/c1-11(2)9-19-15(8)14(7)18-17(19)22-10-16(21)20(12(3)4)13(5)6/h11-13H,9-10H2,1-8H3. The highest BCUT2D eigenvalue weighted by Crippen LogP contribution is 2.23. The molecule has 4 nitrogen and oxygen atoms in total. The fourth-order valence-corrected chi connectivity index (χ4v) is 3.66. The highest BCUT2D eigenvalue weighted by Gasteiger charge is 2.21. The third kappa shape index (κ3) is 4.77. The van der Waals surface area contributed by atoms with Gasteiger partial charge in [0.15, 0.2) is 5.16 Å². The molecule has 0 aromatic carbocycles. The van der Waals surface area contributed by atoms with Crippen molar-refractivity contribution in [2.24, 2.45) is 5.92 Å². The van der Waals surface area contributed by atoms with E-state index >= 15 is 0 Å². The van der Waals surface area contributed by atoms with Crippen molar-refractivity contribution in [2.45, 2.75) is 79.2 Å². The van der Waals surface area contributed by atoms with E-state index in [1.165, 1.54) is 5.69 Å². The van der Waals surface area contributed by atoms with Gasteiger partial charge < -0.3 is 9.47 Å². The van der Waals surface area contributed by atoms with Crippen molar-refractivity contribution in [1.29, 1.82) is 0 Å². The number of carbonyl (C=O) groups is 1. The summed E-state index contributed by atoms with van der Waals surface area (Å²) in [6, 6.07) is 0.457. The van der Waals surface area contributed by atoms with Gasteiger partial charge in [0.25, 0.3) is 0 Å². The summed E-state index contributed by atoms with van der Waals surface area (Å²) in [5, 5.41) is 0.963. The number of rotatable bonds is 7. The Hall–Kier alpha value is -0.970. The number of hydrogen-bond acceptors (Lipinski definition) is 3. The molecular weight excluding hydrogens is 294 g/mol. The molecule has 0 spiro atoms. The Balaban J connectivity index is 2.83. The van der Waals surface area contributed by atoms with Gasteiger partial charge in [-0.2, -0.15) is 0 Å². The summed E-state index contributed by atoms with van der Waals surface area (Å²) < 4.78 is 2.24. The largest absolute Gasteiger partial charge is 0.337 e. The summed E-state index contributed by atoms with van der Waals surface area (Å²) in [5.74, 6) is 1.19. The number of amides is 1. The van der Waals surface area contributed by atoms with Crippen molar-refractivity contribution >= 4 is 17.7 Å². The third-order valence-electron chi connectivity index (χ3n) is 3.70. The van der Waals surface area contributed by atoms with Gasteiger partial charge in [-0.05, 0) is 47.5 Å².